The third-order valence-corrected chi connectivity index (χ3v) is 14.5. The molecule has 0 unspecified atom stereocenters. The van der Waals surface area contributed by atoms with Gasteiger partial charge in [-0.3, -0.25) is 29.8 Å². The fourth-order valence-corrected chi connectivity index (χ4v) is 7.57. The van der Waals surface area contributed by atoms with E-state index < -0.39 is 43.9 Å². The van der Waals surface area contributed by atoms with Crippen molar-refractivity contribution >= 4 is 31.3 Å². The lowest BCUT2D eigenvalue weighted by molar-refractivity contribution is -0.118. The molecule has 0 saturated carbocycles. The number of nitrogens with zero attached hydrogens (tertiary/aromatic N) is 3. The smallest absolute Gasteiger partial charge is 0.280 e. The quantitative estimate of drug-likeness (QED) is 0.109. The Hall–Kier alpha value is -4.42. The van der Waals surface area contributed by atoms with Gasteiger partial charge in [0.05, 0.1) is 24.0 Å². The minimum absolute atomic E-state index is 0.0416. The molecule has 0 aliphatic carbocycles. The zero-order chi connectivity index (χ0) is 35.8. The fourth-order valence-electron chi connectivity index (χ4n) is 6.27. The minimum Gasteiger partial charge on any atom is -0.408 e. The predicted octanol–water partition coefficient (Wildman–Crippen LogP) is 6.79. The summed E-state index contributed by atoms with van der Waals surface area (Å²) < 4.78 is 15.8. The van der Waals surface area contributed by atoms with E-state index in [0.717, 1.165) is 16.7 Å². The summed E-state index contributed by atoms with van der Waals surface area (Å²) in [6.45, 7) is 19.1. The zero-order valence-electron chi connectivity index (χ0n) is 29.8. The predicted molar refractivity (Wildman–Crippen MR) is 199 cm³/mol. The summed E-state index contributed by atoms with van der Waals surface area (Å²) >= 11 is 0. The lowest BCUT2D eigenvalue weighted by Crippen LogP contribution is -2.58. The van der Waals surface area contributed by atoms with Gasteiger partial charge in [0.25, 0.3) is 5.56 Å². The van der Waals surface area contributed by atoms with Crippen LogP contribution < -0.4 is 16.2 Å². The third kappa shape index (κ3) is 6.58. The maximum absolute atomic E-state index is 13.2. The van der Waals surface area contributed by atoms with E-state index in [2.05, 4.69) is 103 Å². The molecule has 3 aromatic carbocycles. The van der Waals surface area contributed by atoms with E-state index in [1.807, 2.05) is 54.6 Å². The van der Waals surface area contributed by atoms with Crippen LogP contribution in [-0.2, 0) is 19.5 Å². The SMILES string of the molecule is [CH2][C@@H]1O[C@@H](n2cnc3c(=O)[nH]c(NC(=O)C(C)C)nc32)[C@H](O[Si](C)(C)C(C)(C)C)[C@@H]1NC(c1ccccc1)(c1ccccc1)c1ccccc1. The Kier molecular flexibility index (Phi) is 9.71. The van der Waals surface area contributed by atoms with Crippen LogP contribution in [0.25, 0.3) is 11.2 Å². The summed E-state index contributed by atoms with van der Waals surface area (Å²) in [6, 6.07) is 30.7. The Balaban J connectivity index is 1.53. The van der Waals surface area contributed by atoms with Gasteiger partial charge in [-0.2, -0.15) is 4.98 Å². The van der Waals surface area contributed by atoms with Crippen molar-refractivity contribution in [1.82, 2.24) is 24.8 Å². The van der Waals surface area contributed by atoms with Gasteiger partial charge in [-0.15, -0.1) is 0 Å². The average molecular weight is 692 g/mol. The Morgan fingerprint density at radius 3 is 1.94 bits per heavy atom. The molecule has 0 bridgehead atoms. The van der Waals surface area contributed by atoms with E-state index in [-0.39, 0.29) is 34.0 Å². The van der Waals surface area contributed by atoms with Gasteiger partial charge in [0.15, 0.2) is 25.7 Å². The first-order chi connectivity index (χ1) is 23.7. The van der Waals surface area contributed by atoms with Crippen molar-refractivity contribution < 1.29 is 14.0 Å². The minimum atomic E-state index is -2.46. The van der Waals surface area contributed by atoms with E-state index in [1.165, 1.54) is 0 Å². The van der Waals surface area contributed by atoms with Crippen molar-refractivity contribution in [2.45, 2.75) is 82.8 Å². The second-order valence-electron chi connectivity index (χ2n) is 14.8. The highest BCUT2D eigenvalue weighted by atomic mass is 28.4. The molecule has 0 spiro atoms. The Morgan fingerprint density at radius 2 is 1.46 bits per heavy atom. The number of ether oxygens (including phenoxy) is 1. The van der Waals surface area contributed by atoms with Gasteiger partial charge in [0, 0.05) is 5.92 Å². The highest BCUT2D eigenvalue weighted by Crippen LogP contribution is 2.45. The van der Waals surface area contributed by atoms with Gasteiger partial charge in [-0.1, -0.05) is 126 Å². The lowest BCUT2D eigenvalue weighted by atomic mass is 9.76. The molecule has 10 nitrogen and oxygen atoms in total. The highest BCUT2D eigenvalue weighted by Gasteiger charge is 2.53. The number of H-pyrrole nitrogens is 1. The van der Waals surface area contributed by atoms with Gasteiger partial charge < -0.3 is 9.16 Å². The largest absolute Gasteiger partial charge is 0.408 e. The molecule has 261 valence electrons. The molecule has 1 aliphatic heterocycles. The molecule has 2 aromatic heterocycles. The van der Waals surface area contributed by atoms with E-state index in [9.17, 15) is 9.59 Å². The summed E-state index contributed by atoms with van der Waals surface area (Å²) in [6.07, 6.45) is -0.371. The zero-order valence-corrected chi connectivity index (χ0v) is 30.8. The lowest BCUT2D eigenvalue weighted by Gasteiger charge is -2.44. The summed E-state index contributed by atoms with van der Waals surface area (Å²) in [4.78, 5) is 37.5. The molecule has 1 amide bonds. The van der Waals surface area contributed by atoms with Crippen LogP contribution in [0.1, 0.15) is 57.5 Å². The average Bonchev–Trinajstić information content (AvgIpc) is 3.64. The molecule has 1 fully saturated rings. The van der Waals surface area contributed by atoms with Gasteiger partial charge in [-0.25, -0.2) is 4.98 Å². The fraction of sp³-hybridized carbons (Fsp3) is 0.359. The number of fused-ring (bicyclic) bond motifs is 1. The molecule has 11 heteroatoms. The van der Waals surface area contributed by atoms with Crippen molar-refractivity contribution in [3.63, 3.8) is 0 Å². The van der Waals surface area contributed by atoms with Crippen molar-refractivity contribution in [2.75, 3.05) is 5.32 Å². The maximum Gasteiger partial charge on any atom is 0.280 e. The number of aromatic nitrogens is 4. The molecule has 1 aliphatic rings. The second kappa shape index (κ2) is 13.7. The first kappa shape index (κ1) is 35.4. The molecule has 3 heterocycles. The first-order valence-electron chi connectivity index (χ1n) is 17.1. The number of aromatic amines is 1. The molecule has 1 saturated heterocycles. The Morgan fingerprint density at radius 1 is 0.940 bits per heavy atom. The third-order valence-electron chi connectivity index (χ3n) is 10.1. The second-order valence-corrected chi connectivity index (χ2v) is 19.6. The highest BCUT2D eigenvalue weighted by molar-refractivity contribution is 6.74. The van der Waals surface area contributed by atoms with Crippen LogP contribution in [0.4, 0.5) is 5.95 Å². The number of anilines is 1. The molecule has 3 N–H and O–H groups in total. The van der Waals surface area contributed by atoms with Crippen LogP contribution in [-0.4, -0.2) is 52.0 Å². The van der Waals surface area contributed by atoms with Gasteiger partial charge in [-0.05, 0) is 41.7 Å². The molecule has 1 radical (unpaired) electrons. The van der Waals surface area contributed by atoms with Gasteiger partial charge in [0.2, 0.25) is 11.9 Å². The molecule has 4 atom stereocenters. The number of benzene rings is 3. The standard InChI is InChI=1S/C39H47N6O4Si/c1-25(2)34(46)42-37-41-33-31(35(47)43-37)40-24-45(33)36-32(49-50(7,8)38(4,5)6)30(26(3)48-36)44-39(27-18-12-9-13-19-27,28-20-14-10-15-21-28)29-22-16-11-17-23-29/h9-26,30,32,36,44H,3H2,1-2,4-8H3,(H2,41,42,43,46,47)/t26-,30+,32+,36+/m0/s1. The normalized spacial score (nSPS) is 20.0. The van der Waals surface area contributed by atoms with Crippen molar-refractivity contribution in [3.8, 4) is 0 Å². The van der Waals surface area contributed by atoms with E-state index >= 15 is 0 Å². The van der Waals surface area contributed by atoms with Crippen LogP contribution in [0.2, 0.25) is 18.1 Å². The maximum atomic E-state index is 13.2. The number of rotatable bonds is 10. The number of imidazole rings is 1. The van der Waals surface area contributed by atoms with Crippen molar-refractivity contribution in [1.29, 1.82) is 0 Å². The van der Waals surface area contributed by atoms with Crippen LogP contribution in [0.5, 0.6) is 0 Å². The number of amides is 1. The number of carbonyl (C=O) groups excluding carboxylic acids is 1. The summed E-state index contributed by atoms with van der Waals surface area (Å²) in [7, 11) is -2.46. The summed E-state index contributed by atoms with van der Waals surface area (Å²) in [5, 5.41) is 6.67. The van der Waals surface area contributed by atoms with E-state index in [1.54, 1.807) is 24.7 Å². The molecular formula is C39H47N6O4Si. The van der Waals surface area contributed by atoms with Crippen molar-refractivity contribution in [2.24, 2.45) is 5.92 Å². The molecule has 6 rings (SSSR count). The molecule has 5 aromatic rings. The van der Waals surface area contributed by atoms with Crippen LogP contribution in [0.3, 0.4) is 0 Å². The van der Waals surface area contributed by atoms with Gasteiger partial charge in [0.1, 0.15) is 6.10 Å². The number of hydrogen-bond donors (Lipinski definition) is 3. The molecule has 50 heavy (non-hydrogen) atoms. The van der Waals surface area contributed by atoms with Crippen LogP contribution >= 0.6 is 0 Å². The summed E-state index contributed by atoms with van der Waals surface area (Å²) in [5.41, 5.74) is 2.26. The molecular weight excluding hydrogens is 645 g/mol. The topological polar surface area (TPSA) is 123 Å². The van der Waals surface area contributed by atoms with E-state index in [0.29, 0.717) is 0 Å². The number of hydrogen-bond acceptors (Lipinski definition) is 7. The Labute approximate surface area is 294 Å². The van der Waals surface area contributed by atoms with E-state index in [4.69, 9.17) is 9.16 Å². The van der Waals surface area contributed by atoms with Crippen LogP contribution in [0.15, 0.2) is 102 Å². The van der Waals surface area contributed by atoms with Gasteiger partial charge >= 0.3 is 0 Å². The Bertz CT molecular complexity index is 1890. The number of carbonyl (C=O) groups is 1. The number of nitrogens with one attached hydrogen (secondary N) is 3. The monoisotopic (exact) mass is 691 g/mol. The summed E-state index contributed by atoms with van der Waals surface area (Å²) in [5.74, 6) is -0.532. The van der Waals surface area contributed by atoms with Crippen molar-refractivity contribution in [3.05, 3.63) is 131 Å². The van der Waals surface area contributed by atoms with Crippen LogP contribution in [0, 0.1) is 12.8 Å². The first-order valence-corrected chi connectivity index (χ1v) is 20.0.